The third-order valence-electron chi connectivity index (χ3n) is 4.92. The normalized spacial score (nSPS) is 10.6. The van der Waals surface area contributed by atoms with E-state index in [0.29, 0.717) is 27.1 Å². The van der Waals surface area contributed by atoms with Crippen molar-refractivity contribution in [2.24, 2.45) is 5.10 Å². The van der Waals surface area contributed by atoms with Gasteiger partial charge in [0.15, 0.2) is 23.0 Å². The highest BCUT2D eigenvalue weighted by atomic mass is 79.9. The molecule has 0 fully saturated rings. The minimum absolute atomic E-state index is 0.107. The second-order valence-electron chi connectivity index (χ2n) is 7.30. The molecule has 38 heavy (non-hydrogen) atoms. The molecule has 14 heteroatoms. The molecule has 0 bridgehead atoms. The Bertz CT molecular complexity index is 1410. The van der Waals surface area contributed by atoms with Gasteiger partial charge in [0.1, 0.15) is 0 Å². The van der Waals surface area contributed by atoms with Crippen molar-refractivity contribution < 1.29 is 33.6 Å². The average Bonchev–Trinajstić information content (AvgIpc) is 2.90. The minimum Gasteiger partial charge on any atom is -0.493 e. The van der Waals surface area contributed by atoms with Crippen LogP contribution in [0.25, 0.3) is 0 Å². The van der Waals surface area contributed by atoms with Gasteiger partial charge >= 0.3 is 5.69 Å². The quantitative estimate of drug-likeness (QED) is 0.179. The van der Waals surface area contributed by atoms with Gasteiger partial charge in [-0.05, 0) is 64.8 Å². The van der Waals surface area contributed by atoms with Crippen LogP contribution < -0.4 is 24.4 Å². The summed E-state index contributed by atoms with van der Waals surface area (Å²) >= 11 is 3.35. The van der Waals surface area contributed by atoms with Gasteiger partial charge < -0.3 is 18.9 Å². The summed E-state index contributed by atoms with van der Waals surface area (Å²) in [5.41, 5.74) is 2.17. The predicted molar refractivity (Wildman–Crippen MR) is 140 cm³/mol. The maximum absolute atomic E-state index is 12.5. The fourth-order valence-corrected chi connectivity index (χ4v) is 3.73. The van der Waals surface area contributed by atoms with E-state index in [9.17, 15) is 25.0 Å². The zero-order chi connectivity index (χ0) is 27.8. The van der Waals surface area contributed by atoms with Gasteiger partial charge in [-0.2, -0.15) is 5.10 Å². The van der Waals surface area contributed by atoms with Gasteiger partial charge in [-0.3, -0.25) is 25.0 Å². The number of hydrazone groups is 1. The molecule has 0 aliphatic carbocycles. The van der Waals surface area contributed by atoms with E-state index in [2.05, 4.69) is 26.5 Å². The standard InChI is InChI=1S/C24H21BrN4O9/c1-4-37-22-10-14(13-26-27-24(30)15-5-7-20(35-2)21(11-15)36-3)9-17(25)23(22)38-19-8-6-16(28(31)32)12-18(19)29(33)34/h5-13H,4H2,1-3H3,(H,27,30)/b26-13+. The molecule has 3 rings (SSSR count). The Labute approximate surface area is 224 Å². The molecule has 0 spiro atoms. The zero-order valence-corrected chi connectivity index (χ0v) is 21.9. The SMILES string of the molecule is CCOc1cc(/C=N/NC(=O)c2ccc(OC)c(OC)c2)cc(Br)c1Oc1ccc([N+](=O)[O-])cc1[N+](=O)[O-]. The number of halogens is 1. The number of rotatable bonds is 11. The molecule has 0 atom stereocenters. The van der Waals surface area contributed by atoms with Crippen LogP contribution in [0, 0.1) is 20.2 Å². The predicted octanol–water partition coefficient (Wildman–Crippen LogP) is 5.24. The molecule has 3 aromatic rings. The zero-order valence-electron chi connectivity index (χ0n) is 20.3. The van der Waals surface area contributed by atoms with Crippen LogP contribution in [-0.2, 0) is 0 Å². The number of benzene rings is 3. The Morgan fingerprint density at radius 3 is 2.32 bits per heavy atom. The molecule has 0 aromatic heterocycles. The van der Waals surface area contributed by atoms with Gasteiger partial charge in [0.2, 0.25) is 5.75 Å². The minimum atomic E-state index is -0.779. The van der Waals surface area contributed by atoms with Crippen molar-refractivity contribution in [2.45, 2.75) is 6.92 Å². The first-order valence-corrected chi connectivity index (χ1v) is 11.6. The molecular weight excluding hydrogens is 568 g/mol. The van der Waals surface area contributed by atoms with Crippen LogP contribution in [0.5, 0.6) is 28.7 Å². The second-order valence-corrected chi connectivity index (χ2v) is 8.15. The van der Waals surface area contributed by atoms with Crippen LogP contribution in [0.2, 0.25) is 0 Å². The van der Waals surface area contributed by atoms with Gasteiger partial charge in [-0.1, -0.05) is 0 Å². The number of hydrogen-bond acceptors (Lipinski definition) is 10. The number of carbonyl (C=O) groups is 1. The monoisotopic (exact) mass is 588 g/mol. The Balaban J connectivity index is 1.85. The van der Waals surface area contributed by atoms with Gasteiger partial charge in [0.05, 0.1) is 47.4 Å². The van der Waals surface area contributed by atoms with Crippen LogP contribution in [-0.4, -0.2) is 42.8 Å². The molecule has 198 valence electrons. The summed E-state index contributed by atoms with van der Waals surface area (Å²) in [6.45, 7) is 1.97. The molecule has 1 N–H and O–H groups in total. The Morgan fingerprint density at radius 2 is 1.68 bits per heavy atom. The number of nitrogens with zero attached hydrogens (tertiary/aromatic N) is 3. The summed E-state index contributed by atoms with van der Waals surface area (Å²) in [5, 5.41) is 26.4. The van der Waals surface area contributed by atoms with Gasteiger partial charge in [-0.25, -0.2) is 5.43 Å². The molecule has 0 aliphatic heterocycles. The van der Waals surface area contributed by atoms with Crippen molar-refractivity contribution >= 4 is 39.4 Å². The van der Waals surface area contributed by atoms with E-state index in [4.69, 9.17) is 18.9 Å². The summed E-state index contributed by atoms with van der Waals surface area (Å²) in [7, 11) is 2.94. The third-order valence-corrected chi connectivity index (χ3v) is 5.51. The first-order chi connectivity index (χ1) is 18.2. The first kappa shape index (κ1) is 27.9. The summed E-state index contributed by atoms with van der Waals surface area (Å²) < 4.78 is 22.1. The second kappa shape index (κ2) is 12.5. The van der Waals surface area contributed by atoms with Crippen LogP contribution in [0.3, 0.4) is 0 Å². The third kappa shape index (κ3) is 6.53. The van der Waals surface area contributed by atoms with E-state index in [0.717, 1.165) is 18.2 Å². The van der Waals surface area contributed by atoms with Crippen molar-refractivity contribution in [1.29, 1.82) is 0 Å². The number of carbonyl (C=O) groups excluding carboxylic acids is 1. The Hall–Kier alpha value is -4.72. The number of nitro groups is 2. The maximum atomic E-state index is 12.5. The molecule has 0 saturated carbocycles. The molecule has 3 aromatic carbocycles. The van der Waals surface area contributed by atoms with Gasteiger partial charge in [0.25, 0.3) is 11.6 Å². The summed E-state index contributed by atoms with van der Waals surface area (Å²) in [5.74, 6) is 0.473. The lowest BCUT2D eigenvalue weighted by Gasteiger charge is -2.14. The molecular formula is C24H21BrN4O9. The van der Waals surface area contributed by atoms with Crippen LogP contribution in [0.15, 0.2) is 58.1 Å². The van der Waals surface area contributed by atoms with Crippen LogP contribution in [0.4, 0.5) is 11.4 Å². The lowest BCUT2D eigenvalue weighted by Crippen LogP contribution is -2.17. The number of nitrogens with one attached hydrogen (secondary N) is 1. The largest absolute Gasteiger partial charge is 0.493 e. The molecule has 0 unspecified atom stereocenters. The van der Waals surface area contributed by atoms with E-state index in [1.807, 2.05) is 0 Å². The number of amides is 1. The number of hydrogen-bond donors (Lipinski definition) is 1. The Morgan fingerprint density at radius 1 is 0.974 bits per heavy atom. The first-order valence-electron chi connectivity index (χ1n) is 10.8. The lowest BCUT2D eigenvalue weighted by atomic mass is 10.2. The van der Waals surface area contributed by atoms with Crippen molar-refractivity contribution in [3.05, 3.63) is 84.4 Å². The molecule has 0 heterocycles. The highest BCUT2D eigenvalue weighted by Gasteiger charge is 2.23. The van der Waals surface area contributed by atoms with E-state index < -0.39 is 27.1 Å². The maximum Gasteiger partial charge on any atom is 0.318 e. The summed E-state index contributed by atoms with van der Waals surface area (Å²) in [4.78, 5) is 33.4. The molecule has 0 aliphatic rings. The van der Waals surface area contributed by atoms with E-state index in [1.165, 1.54) is 26.5 Å². The van der Waals surface area contributed by atoms with Crippen molar-refractivity contribution in [2.75, 3.05) is 20.8 Å². The Kier molecular flexibility index (Phi) is 9.16. The average molecular weight is 589 g/mol. The highest BCUT2D eigenvalue weighted by Crippen LogP contribution is 2.42. The molecule has 13 nitrogen and oxygen atoms in total. The topological polar surface area (TPSA) is 165 Å². The van der Waals surface area contributed by atoms with Crippen molar-refractivity contribution in [3.63, 3.8) is 0 Å². The summed E-state index contributed by atoms with van der Waals surface area (Å²) in [6, 6.07) is 10.8. The number of nitro benzene ring substituents is 2. The lowest BCUT2D eigenvalue weighted by molar-refractivity contribution is -0.394. The van der Waals surface area contributed by atoms with E-state index in [1.54, 1.807) is 31.2 Å². The molecule has 0 radical (unpaired) electrons. The molecule has 1 amide bonds. The number of methoxy groups -OCH3 is 2. The summed E-state index contributed by atoms with van der Waals surface area (Å²) in [6.07, 6.45) is 1.37. The number of non-ortho nitro benzene ring substituents is 1. The van der Waals surface area contributed by atoms with Crippen LogP contribution >= 0.6 is 15.9 Å². The molecule has 0 saturated heterocycles. The van der Waals surface area contributed by atoms with Crippen molar-refractivity contribution in [1.82, 2.24) is 5.43 Å². The van der Waals surface area contributed by atoms with E-state index >= 15 is 0 Å². The van der Waals surface area contributed by atoms with Gasteiger partial charge in [0, 0.05) is 11.6 Å². The van der Waals surface area contributed by atoms with E-state index in [-0.39, 0.29) is 23.9 Å². The fourth-order valence-electron chi connectivity index (χ4n) is 3.19. The van der Waals surface area contributed by atoms with Crippen LogP contribution in [0.1, 0.15) is 22.8 Å². The smallest absolute Gasteiger partial charge is 0.318 e. The fraction of sp³-hybridized carbons (Fsp3) is 0.167. The number of ether oxygens (including phenoxy) is 4. The van der Waals surface area contributed by atoms with Gasteiger partial charge in [-0.15, -0.1) is 0 Å². The van der Waals surface area contributed by atoms with Crippen molar-refractivity contribution in [3.8, 4) is 28.7 Å². The highest BCUT2D eigenvalue weighted by molar-refractivity contribution is 9.10.